The average molecular weight is 361 g/mol. The Balaban J connectivity index is 2.45. The van der Waals surface area contributed by atoms with Crippen molar-refractivity contribution in [1.29, 1.82) is 0 Å². The summed E-state index contributed by atoms with van der Waals surface area (Å²) in [6.45, 7) is 4.31. The normalized spacial score (nSPS) is 19.6. The number of carbonyl (C=O) groups excluding carboxylic acids is 2. The summed E-state index contributed by atoms with van der Waals surface area (Å²) < 4.78 is 4.60. The molecule has 5 heteroatoms. The molecule has 0 aliphatic carbocycles. The molecular weight excluding hydrogens is 330 g/mol. The van der Waals surface area contributed by atoms with E-state index in [9.17, 15) is 14.7 Å². The Bertz CT molecular complexity index is 570. The molecule has 1 saturated heterocycles. The number of carbonyl (C=O) groups is 2. The summed E-state index contributed by atoms with van der Waals surface area (Å²) in [6, 6.07) is 0.0290. The number of aliphatic hydroxyl groups excluding tert-OH is 1. The van der Waals surface area contributed by atoms with Crippen LogP contribution in [-0.2, 0) is 14.3 Å². The van der Waals surface area contributed by atoms with Crippen LogP contribution >= 0.6 is 0 Å². The standard InChI is InChI=1S/C21H31NO4/c1-4-5-10-17(2)19(23)14-12-18-13-15-20(24)22(18)16-9-7-6-8-11-21(25)26-3/h7,9,12,14,17-19,23H,6,8,10-11,13,15-16H2,1-3H3/b9-7-,14-12+/t17-,18-,19+/m0/s1. The molecule has 0 aromatic carbocycles. The molecule has 0 aromatic rings. The Morgan fingerprint density at radius 1 is 1.46 bits per heavy atom. The molecular formula is C21H31NO4. The van der Waals surface area contributed by atoms with Crippen LogP contribution in [0.25, 0.3) is 0 Å². The van der Waals surface area contributed by atoms with E-state index in [0.29, 0.717) is 25.8 Å². The van der Waals surface area contributed by atoms with E-state index in [1.54, 1.807) is 13.0 Å². The summed E-state index contributed by atoms with van der Waals surface area (Å²) in [5, 5.41) is 10.2. The van der Waals surface area contributed by atoms with E-state index in [0.717, 1.165) is 19.3 Å². The van der Waals surface area contributed by atoms with E-state index < -0.39 is 6.10 Å². The van der Waals surface area contributed by atoms with E-state index in [4.69, 9.17) is 0 Å². The van der Waals surface area contributed by atoms with Crippen LogP contribution in [0.15, 0.2) is 24.3 Å². The summed E-state index contributed by atoms with van der Waals surface area (Å²) in [5.74, 6) is 5.83. The maximum atomic E-state index is 12.1. The number of hydrogen-bond acceptors (Lipinski definition) is 4. The highest BCUT2D eigenvalue weighted by molar-refractivity contribution is 5.79. The highest BCUT2D eigenvalue weighted by Gasteiger charge is 2.28. The summed E-state index contributed by atoms with van der Waals surface area (Å²) in [4.78, 5) is 24.9. The van der Waals surface area contributed by atoms with Crippen molar-refractivity contribution in [1.82, 2.24) is 4.90 Å². The van der Waals surface area contributed by atoms with Crippen LogP contribution in [0.4, 0.5) is 0 Å². The lowest BCUT2D eigenvalue weighted by Crippen LogP contribution is -2.32. The lowest BCUT2D eigenvalue weighted by atomic mass is 10.00. The Morgan fingerprint density at radius 2 is 2.23 bits per heavy atom. The second kappa shape index (κ2) is 12.3. The Kier molecular flexibility index (Phi) is 10.4. The number of hydrogen-bond donors (Lipinski definition) is 1. The predicted molar refractivity (Wildman–Crippen MR) is 102 cm³/mol. The second-order valence-corrected chi connectivity index (χ2v) is 6.58. The summed E-state index contributed by atoms with van der Waals surface area (Å²) in [5.41, 5.74) is 0. The zero-order chi connectivity index (χ0) is 19.4. The van der Waals surface area contributed by atoms with Gasteiger partial charge in [0.1, 0.15) is 0 Å². The third-order valence-electron chi connectivity index (χ3n) is 4.54. The number of methoxy groups -OCH3 is 1. The number of aliphatic hydroxyl groups is 1. The smallest absolute Gasteiger partial charge is 0.305 e. The molecule has 144 valence electrons. The third-order valence-corrected chi connectivity index (χ3v) is 4.54. The van der Waals surface area contributed by atoms with Gasteiger partial charge in [-0.25, -0.2) is 0 Å². The van der Waals surface area contributed by atoms with Gasteiger partial charge in [-0.2, -0.15) is 0 Å². The van der Waals surface area contributed by atoms with Gasteiger partial charge in [0.05, 0.1) is 19.3 Å². The molecule has 0 spiro atoms. The number of unbranched alkanes of at least 4 members (excludes halogenated alkanes) is 1. The number of likely N-dealkylation sites (tertiary alicyclic amines) is 1. The Hall–Kier alpha value is -2.06. The summed E-state index contributed by atoms with van der Waals surface area (Å²) >= 11 is 0. The van der Waals surface area contributed by atoms with Crippen LogP contribution in [0.1, 0.15) is 52.4 Å². The van der Waals surface area contributed by atoms with Gasteiger partial charge in [-0.3, -0.25) is 9.59 Å². The van der Waals surface area contributed by atoms with E-state index >= 15 is 0 Å². The van der Waals surface area contributed by atoms with Gasteiger partial charge in [0, 0.05) is 25.8 Å². The van der Waals surface area contributed by atoms with Crippen LogP contribution in [0.3, 0.4) is 0 Å². The predicted octanol–water partition coefficient (Wildman–Crippen LogP) is 2.84. The number of ether oxygens (including phenoxy) is 1. The van der Waals surface area contributed by atoms with Gasteiger partial charge in [0.2, 0.25) is 5.91 Å². The molecule has 1 aliphatic rings. The average Bonchev–Trinajstić information content (AvgIpc) is 2.99. The first-order valence-corrected chi connectivity index (χ1v) is 9.26. The molecule has 26 heavy (non-hydrogen) atoms. The molecule has 0 aromatic heterocycles. The van der Waals surface area contributed by atoms with Crippen molar-refractivity contribution < 1.29 is 19.4 Å². The first-order valence-electron chi connectivity index (χ1n) is 9.26. The van der Waals surface area contributed by atoms with Crippen molar-refractivity contribution in [3.8, 4) is 11.8 Å². The van der Waals surface area contributed by atoms with Crippen LogP contribution < -0.4 is 0 Å². The van der Waals surface area contributed by atoms with Crippen molar-refractivity contribution in [3.05, 3.63) is 24.3 Å². The topological polar surface area (TPSA) is 66.8 Å². The van der Waals surface area contributed by atoms with Crippen LogP contribution in [0.5, 0.6) is 0 Å². The molecule has 1 heterocycles. The Morgan fingerprint density at radius 3 is 2.92 bits per heavy atom. The van der Waals surface area contributed by atoms with Crippen molar-refractivity contribution in [2.24, 2.45) is 5.92 Å². The fourth-order valence-corrected chi connectivity index (χ4v) is 2.78. The van der Waals surface area contributed by atoms with Gasteiger partial charge < -0.3 is 14.7 Å². The van der Waals surface area contributed by atoms with E-state index in [2.05, 4.69) is 16.6 Å². The number of allylic oxidation sites excluding steroid dienone is 1. The zero-order valence-corrected chi connectivity index (χ0v) is 16.1. The van der Waals surface area contributed by atoms with Gasteiger partial charge in [-0.05, 0) is 32.1 Å². The Labute approximate surface area is 157 Å². The maximum Gasteiger partial charge on any atom is 0.305 e. The lowest BCUT2D eigenvalue weighted by Gasteiger charge is -2.21. The van der Waals surface area contributed by atoms with E-state index in [1.165, 1.54) is 7.11 Å². The van der Waals surface area contributed by atoms with Gasteiger partial charge in [0.25, 0.3) is 0 Å². The van der Waals surface area contributed by atoms with Crippen molar-refractivity contribution >= 4 is 11.9 Å². The molecule has 0 bridgehead atoms. The fourth-order valence-electron chi connectivity index (χ4n) is 2.78. The molecule has 0 radical (unpaired) electrons. The molecule has 1 fully saturated rings. The number of amides is 1. The third kappa shape index (κ3) is 7.88. The summed E-state index contributed by atoms with van der Waals surface area (Å²) in [6.07, 6.45) is 11.1. The number of esters is 1. The maximum absolute atomic E-state index is 12.1. The molecule has 1 rings (SSSR count). The van der Waals surface area contributed by atoms with Crippen molar-refractivity contribution in [2.75, 3.05) is 13.7 Å². The van der Waals surface area contributed by atoms with Crippen LogP contribution in [-0.4, -0.2) is 47.7 Å². The number of nitrogens with zero attached hydrogens (tertiary/aromatic N) is 1. The molecule has 3 atom stereocenters. The number of rotatable bonds is 10. The molecule has 0 unspecified atom stereocenters. The highest BCUT2D eigenvalue weighted by atomic mass is 16.5. The van der Waals surface area contributed by atoms with Crippen molar-refractivity contribution in [3.63, 3.8) is 0 Å². The molecule has 1 amide bonds. The molecule has 5 nitrogen and oxygen atoms in total. The SMILES string of the molecule is CC#CC[C@H](C)[C@H](O)/C=C/[C@H]1CCC(=O)N1C/C=C\CCCC(=O)OC. The van der Waals surface area contributed by atoms with Gasteiger partial charge in [-0.1, -0.05) is 31.2 Å². The van der Waals surface area contributed by atoms with Crippen LogP contribution in [0.2, 0.25) is 0 Å². The fraction of sp³-hybridized carbons (Fsp3) is 0.619. The first kappa shape index (κ1) is 22.0. The first-order chi connectivity index (χ1) is 12.5. The van der Waals surface area contributed by atoms with Gasteiger partial charge in [0.15, 0.2) is 0 Å². The monoisotopic (exact) mass is 361 g/mol. The van der Waals surface area contributed by atoms with E-state index in [1.807, 2.05) is 30.1 Å². The minimum absolute atomic E-state index is 0.0290. The second-order valence-electron chi connectivity index (χ2n) is 6.58. The lowest BCUT2D eigenvalue weighted by molar-refractivity contribution is -0.140. The minimum atomic E-state index is -0.553. The molecule has 0 saturated carbocycles. The largest absolute Gasteiger partial charge is 0.469 e. The highest BCUT2D eigenvalue weighted by Crippen LogP contribution is 2.20. The van der Waals surface area contributed by atoms with Gasteiger partial charge in [-0.15, -0.1) is 11.8 Å². The summed E-state index contributed by atoms with van der Waals surface area (Å²) in [7, 11) is 1.39. The van der Waals surface area contributed by atoms with Crippen molar-refractivity contribution in [2.45, 2.75) is 64.5 Å². The van der Waals surface area contributed by atoms with Crippen LogP contribution in [0, 0.1) is 17.8 Å². The zero-order valence-electron chi connectivity index (χ0n) is 16.1. The van der Waals surface area contributed by atoms with Gasteiger partial charge >= 0.3 is 5.97 Å². The molecule has 1 N–H and O–H groups in total. The van der Waals surface area contributed by atoms with E-state index in [-0.39, 0.29) is 23.8 Å². The minimum Gasteiger partial charge on any atom is -0.469 e. The quantitative estimate of drug-likeness (QED) is 0.281. The molecule has 1 aliphatic heterocycles.